The van der Waals surface area contributed by atoms with E-state index in [4.69, 9.17) is 0 Å². The molecule has 0 unspecified atom stereocenters. The van der Waals surface area contributed by atoms with Crippen LogP contribution in [0.1, 0.15) is 30.1 Å². The standard InChI is InChI=1S/C11H15NO3S/c1-2-3-7-12-11(13)9-5-4-6-10(8-9)16(14)15/h4-6,8,16H,2-3,7H2,1H3,(H,12,13). The van der Waals surface area contributed by atoms with Gasteiger partial charge in [0.15, 0.2) is 10.7 Å². The zero-order chi connectivity index (χ0) is 12.0. The summed E-state index contributed by atoms with van der Waals surface area (Å²) in [4.78, 5) is 11.8. The minimum Gasteiger partial charge on any atom is -0.352 e. The highest BCUT2D eigenvalue weighted by Crippen LogP contribution is 2.06. The fourth-order valence-electron chi connectivity index (χ4n) is 1.24. The maximum absolute atomic E-state index is 11.6. The molecule has 88 valence electrons. The number of hydrogen-bond donors (Lipinski definition) is 2. The van der Waals surface area contributed by atoms with Crippen LogP contribution in [-0.4, -0.2) is 20.9 Å². The number of carbonyl (C=O) groups is 1. The maximum Gasteiger partial charge on any atom is 0.251 e. The number of thiol groups is 1. The number of rotatable bonds is 5. The molecule has 1 amide bonds. The molecule has 0 spiro atoms. The average molecular weight is 241 g/mol. The molecule has 0 radical (unpaired) electrons. The number of amides is 1. The van der Waals surface area contributed by atoms with Gasteiger partial charge in [-0.3, -0.25) is 4.79 Å². The molecule has 0 fully saturated rings. The third-order valence-corrected chi connectivity index (χ3v) is 2.83. The van der Waals surface area contributed by atoms with E-state index >= 15 is 0 Å². The Morgan fingerprint density at radius 2 is 2.12 bits per heavy atom. The lowest BCUT2D eigenvalue weighted by Crippen LogP contribution is -2.24. The topological polar surface area (TPSA) is 63.2 Å². The van der Waals surface area contributed by atoms with Crippen LogP contribution in [0.25, 0.3) is 0 Å². The van der Waals surface area contributed by atoms with E-state index in [1.807, 2.05) is 6.92 Å². The minimum absolute atomic E-state index is 0.165. The molecule has 0 aliphatic rings. The van der Waals surface area contributed by atoms with E-state index < -0.39 is 10.7 Å². The van der Waals surface area contributed by atoms with E-state index in [1.165, 1.54) is 12.1 Å². The minimum atomic E-state index is -2.63. The normalized spacial score (nSPS) is 10.4. The summed E-state index contributed by atoms with van der Waals surface area (Å²) in [5, 5.41) is 2.73. The lowest BCUT2D eigenvalue weighted by molar-refractivity contribution is 0.0953. The molecule has 0 heterocycles. The highest BCUT2D eigenvalue weighted by Gasteiger charge is 2.05. The van der Waals surface area contributed by atoms with Crippen molar-refractivity contribution >= 4 is 16.6 Å². The van der Waals surface area contributed by atoms with Crippen molar-refractivity contribution in [2.75, 3.05) is 6.54 Å². The van der Waals surface area contributed by atoms with Crippen molar-refractivity contribution < 1.29 is 13.2 Å². The van der Waals surface area contributed by atoms with Crippen molar-refractivity contribution in [3.05, 3.63) is 29.8 Å². The first-order valence-electron chi connectivity index (χ1n) is 5.17. The highest BCUT2D eigenvalue weighted by molar-refractivity contribution is 7.72. The van der Waals surface area contributed by atoms with Gasteiger partial charge in [0.1, 0.15) is 0 Å². The largest absolute Gasteiger partial charge is 0.352 e. The van der Waals surface area contributed by atoms with Crippen LogP contribution in [0.15, 0.2) is 29.2 Å². The van der Waals surface area contributed by atoms with E-state index in [0.717, 1.165) is 12.8 Å². The molecule has 1 aromatic carbocycles. The van der Waals surface area contributed by atoms with Crippen molar-refractivity contribution in [1.82, 2.24) is 5.32 Å². The van der Waals surface area contributed by atoms with Crippen LogP contribution in [0, 0.1) is 0 Å². The number of nitrogens with one attached hydrogen (secondary N) is 1. The van der Waals surface area contributed by atoms with Crippen LogP contribution in [0.3, 0.4) is 0 Å². The van der Waals surface area contributed by atoms with Gasteiger partial charge in [-0.1, -0.05) is 19.4 Å². The summed E-state index contributed by atoms with van der Waals surface area (Å²) in [5.41, 5.74) is 0.382. The Morgan fingerprint density at radius 1 is 1.38 bits per heavy atom. The fourth-order valence-corrected chi connectivity index (χ4v) is 1.69. The monoisotopic (exact) mass is 241 g/mol. The van der Waals surface area contributed by atoms with E-state index in [9.17, 15) is 13.2 Å². The Labute approximate surface area is 96.6 Å². The van der Waals surface area contributed by atoms with Crippen LogP contribution >= 0.6 is 0 Å². The molecule has 1 N–H and O–H groups in total. The molecule has 0 atom stereocenters. The molecule has 0 saturated carbocycles. The summed E-state index contributed by atoms with van der Waals surface area (Å²) in [7, 11) is -2.63. The van der Waals surface area contributed by atoms with E-state index in [1.54, 1.807) is 12.1 Å². The first-order chi connectivity index (χ1) is 7.65. The van der Waals surface area contributed by atoms with Crippen molar-refractivity contribution in [2.24, 2.45) is 0 Å². The van der Waals surface area contributed by atoms with Gasteiger partial charge in [0.25, 0.3) is 5.91 Å². The Kier molecular flexibility index (Phi) is 4.98. The number of carbonyl (C=O) groups excluding carboxylic acids is 1. The first kappa shape index (κ1) is 12.7. The third-order valence-electron chi connectivity index (χ3n) is 2.14. The zero-order valence-electron chi connectivity index (χ0n) is 9.10. The molecule has 0 saturated heterocycles. The van der Waals surface area contributed by atoms with Gasteiger partial charge in [-0.15, -0.1) is 0 Å². The second-order valence-corrected chi connectivity index (χ2v) is 4.45. The first-order valence-corrected chi connectivity index (χ1v) is 6.35. The smallest absolute Gasteiger partial charge is 0.251 e. The molecule has 5 heteroatoms. The molecule has 0 bridgehead atoms. The Balaban J connectivity index is 2.72. The Hall–Kier alpha value is -1.36. The van der Waals surface area contributed by atoms with Crippen LogP contribution in [0.5, 0.6) is 0 Å². The second-order valence-electron chi connectivity index (χ2n) is 3.42. The van der Waals surface area contributed by atoms with Gasteiger partial charge < -0.3 is 5.32 Å². The molecule has 0 aliphatic heterocycles. The van der Waals surface area contributed by atoms with Gasteiger partial charge in [0.2, 0.25) is 0 Å². The van der Waals surface area contributed by atoms with Crippen molar-refractivity contribution in [3.63, 3.8) is 0 Å². The molecule has 4 nitrogen and oxygen atoms in total. The van der Waals surface area contributed by atoms with Gasteiger partial charge in [-0.05, 0) is 24.6 Å². The van der Waals surface area contributed by atoms with E-state index in [0.29, 0.717) is 12.1 Å². The van der Waals surface area contributed by atoms with Gasteiger partial charge >= 0.3 is 0 Å². The van der Waals surface area contributed by atoms with Crippen LogP contribution in [0.4, 0.5) is 0 Å². The van der Waals surface area contributed by atoms with E-state index in [2.05, 4.69) is 5.32 Å². The quantitative estimate of drug-likeness (QED) is 0.601. The second kappa shape index (κ2) is 6.27. The SMILES string of the molecule is CCCCNC(=O)c1cccc([SH](=O)=O)c1. The molecule has 1 rings (SSSR count). The maximum atomic E-state index is 11.6. The van der Waals surface area contributed by atoms with Crippen LogP contribution in [-0.2, 0) is 10.7 Å². The lowest BCUT2D eigenvalue weighted by Gasteiger charge is -2.04. The zero-order valence-corrected chi connectivity index (χ0v) is 10.00. The molecular weight excluding hydrogens is 226 g/mol. The highest BCUT2D eigenvalue weighted by atomic mass is 32.2. The number of benzene rings is 1. The van der Waals surface area contributed by atoms with Crippen LogP contribution in [0.2, 0.25) is 0 Å². The number of unbranched alkanes of at least 4 members (excludes halogenated alkanes) is 1. The van der Waals surface area contributed by atoms with Crippen molar-refractivity contribution in [1.29, 1.82) is 0 Å². The summed E-state index contributed by atoms with van der Waals surface area (Å²) in [6.45, 7) is 2.65. The molecular formula is C11H15NO3S. The lowest BCUT2D eigenvalue weighted by atomic mass is 10.2. The third kappa shape index (κ3) is 3.66. The van der Waals surface area contributed by atoms with Crippen LogP contribution < -0.4 is 5.32 Å². The summed E-state index contributed by atoms with van der Waals surface area (Å²) >= 11 is 0. The van der Waals surface area contributed by atoms with Gasteiger partial charge in [-0.2, -0.15) is 0 Å². The van der Waals surface area contributed by atoms with Gasteiger partial charge in [0, 0.05) is 12.1 Å². The molecule has 0 aromatic heterocycles. The van der Waals surface area contributed by atoms with Crippen molar-refractivity contribution in [3.8, 4) is 0 Å². The van der Waals surface area contributed by atoms with E-state index in [-0.39, 0.29) is 10.8 Å². The molecule has 1 aromatic rings. The predicted molar refractivity (Wildman–Crippen MR) is 62.3 cm³/mol. The average Bonchev–Trinajstić information content (AvgIpc) is 2.29. The Bertz CT molecular complexity index is 433. The summed E-state index contributed by atoms with van der Waals surface area (Å²) in [6, 6.07) is 6.01. The van der Waals surface area contributed by atoms with Gasteiger partial charge in [-0.25, -0.2) is 8.42 Å². The summed E-state index contributed by atoms with van der Waals surface area (Å²) < 4.78 is 21.5. The molecule has 16 heavy (non-hydrogen) atoms. The predicted octanol–water partition coefficient (Wildman–Crippen LogP) is 1.19. The fraction of sp³-hybridized carbons (Fsp3) is 0.364. The number of hydrogen-bond acceptors (Lipinski definition) is 3. The Morgan fingerprint density at radius 3 is 2.75 bits per heavy atom. The summed E-state index contributed by atoms with van der Waals surface area (Å²) in [6.07, 6.45) is 1.92. The summed E-state index contributed by atoms with van der Waals surface area (Å²) in [5.74, 6) is -0.229. The van der Waals surface area contributed by atoms with Gasteiger partial charge in [0.05, 0.1) is 4.90 Å². The van der Waals surface area contributed by atoms with Crippen molar-refractivity contribution in [2.45, 2.75) is 24.7 Å². The molecule has 0 aliphatic carbocycles.